The molecule has 0 unspecified atom stereocenters. The van der Waals surface area contributed by atoms with E-state index >= 15 is 0 Å². The van der Waals surface area contributed by atoms with Crippen molar-refractivity contribution in [2.24, 2.45) is 0 Å². The number of esters is 2. The fourth-order valence-electron chi connectivity index (χ4n) is 0.966. The zero-order valence-corrected chi connectivity index (χ0v) is 8.49. The summed E-state index contributed by atoms with van der Waals surface area (Å²) in [6.45, 7) is 0. The average molecular weight is 236 g/mol. The average Bonchev–Trinajstić information content (AvgIpc) is 2.30. The van der Waals surface area contributed by atoms with Gasteiger partial charge in [0.15, 0.2) is 11.5 Å². The molecule has 0 aliphatic rings. The highest BCUT2D eigenvalue weighted by Gasteiger charge is 2.05. The van der Waals surface area contributed by atoms with Crippen molar-refractivity contribution >= 4 is 24.3 Å². The van der Waals surface area contributed by atoms with Crippen LogP contribution in [0.5, 0.6) is 11.5 Å². The smallest absolute Gasteiger partial charge is 0.379 e. The summed E-state index contributed by atoms with van der Waals surface area (Å²) in [6, 6.07) is 3.87. The molecular weight excluding hydrogens is 228 g/mol. The van der Waals surface area contributed by atoms with Crippen molar-refractivity contribution in [1.29, 1.82) is 0 Å². The van der Waals surface area contributed by atoms with E-state index in [1.807, 2.05) is 0 Å². The van der Waals surface area contributed by atoms with E-state index in [0.717, 1.165) is 6.08 Å². The topological polar surface area (TPSA) is 101 Å². The molecule has 1 aromatic rings. The molecule has 0 saturated heterocycles. The standard InChI is InChI=1S/C11H8O6/c12-6-11(16)17-10(15)4-2-7-1-3-8(13)9(14)5-7/h1-6,13-14H/b4-2+. The van der Waals surface area contributed by atoms with Crippen molar-refractivity contribution in [3.63, 3.8) is 0 Å². The van der Waals surface area contributed by atoms with Crippen LogP contribution in [0.15, 0.2) is 24.3 Å². The highest BCUT2D eigenvalue weighted by Crippen LogP contribution is 2.25. The minimum atomic E-state index is -1.28. The lowest BCUT2D eigenvalue weighted by Gasteiger charge is -1.98. The van der Waals surface area contributed by atoms with Gasteiger partial charge in [0.2, 0.25) is 6.29 Å². The largest absolute Gasteiger partial charge is 0.504 e. The van der Waals surface area contributed by atoms with Gasteiger partial charge in [0.05, 0.1) is 0 Å². The number of benzene rings is 1. The highest BCUT2D eigenvalue weighted by molar-refractivity contribution is 6.23. The number of carbonyl (C=O) groups is 3. The van der Waals surface area contributed by atoms with Crippen LogP contribution in [0.3, 0.4) is 0 Å². The Hall–Kier alpha value is -2.63. The van der Waals surface area contributed by atoms with E-state index in [2.05, 4.69) is 4.74 Å². The summed E-state index contributed by atoms with van der Waals surface area (Å²) in [6.07, 6.45) is 2.03. The van der Waals surface area contributed by atoms with Crippen molar-refractivity contribution in [1.82, 2.24) is 0 Å². The maximum absolute atomic E-state index is 10.9. The first kappa shape index (κ1) is 12.4. The van der Waals surface area contributed by atoms with Crippen LogP contribution in [0.1, 0.15) is 5.56 Å². The Morgan fingerprint density at radius 1 is 1.12 bits per heavy atom. The molecule has 0 radical (unpaired) electrons. The van der Waals surface area contributed by atoms with E-state index in [4.69, 9.17) is 10.2 Å². The normalized spacial score (nSPS) is 10.1. The summed E-state index contributed by atoms with van der Waals surface area (Å²) >= 11 is 0. The molecule has 0 bridgehead atoms. The van der Waals surface area contributed by atoms with Gasteiger partial charge in [-0.05, 0) is 23.8 Å². The van der Waals surface area contributed by atoms with E-state index < -0.39 is 11.9 Å². The SMILES string of the molecule is O=CC(=O)OC(=O)/C=C/c1ccc(O)c(O)c1. The summed E-state index contributed by atoms with van der Waals surface area (Å²) in [5.41, 5.74) is 0.413. The Morgan fingerprint density at radius 3 is 2.41 bits per heavy atom. The molecule has 0 atom stereocenters. The molecule has 0 fully saturated rings. The summed E-state index contributed by atoms with van der Waals surface area (Å²) < 4.78 is 4.03. The fourth-order valence-corrected chi connectivity index (χ4v) is 0.966. The van der Waals surface area contributed by atoms with E-state index in [1.165, 1.54) is 24.3 Å². The molecule has 6 heteroatoms. The van der Waals surface area contributed by atoms with Gasteiger partial charge in [-0.2, -0.15) is 0 Å². The maximum Gasteiger partial charge on any atom is 0.379 e. The predicted molar refractivity (Wildman–Crippen MR) is 56.0 cm³/mol. The number of hydrogen-bond acceptors (Lipinski definition) is 6. The molecular formula is C11H8O6. The van der Waals surface area contributed by atoms with Gasteiger partial charge in [-0.25, -0.2) is 9.59 Å². The van der Waals surface area contributed by atoms with Crippen LogP contribution in [0.25, 0.3) is 6.08 Å². The van der Waals surface area contributed by atoms with E-state index in [-0.39, 0.29) is 17.8 Å². The fraction of sp³-hybridized carbons (Fsp3) is 0. The molecule has 88 valence electrons. The molecule has 17 heavy (non-hydrogen) atoms. The first-order valence-electron chi connectivity index (χ1n) is 4.44. The molecule has 0 aliphatic heterocycles. The van der Waals surface area contributed by atoms with E-state index in [0.29, 0.717) is 5.56 Å². The molecule has 0 saturated carbocycles. The van der Waals surface area contributed by atoms with Crippen LogP contribution in [0, 0.1) is 0 Å². The van der Waals surface area contributed by atoms with Gasteiger partial charge in [0.25, 0.3) is 0 Å². The van der Waals surface area contributed by atoms with Crippen LogP contribution in [-0.4, -0.2) is 28.4 Å². The summed E-state index contributed by atoms with van der Waals surface area (Å²) in [7, 11) is 0. The second-order valence-corrected chi connectivity index (χ2v) is 2.94. The van der Waals surface area contributed by atoms with Gasteiger partial charge in [-0.3, -0.25) is 4.79 Å². The molecule has 1 aromatic carbocycles. The van der Waals surface area contributed by atoms with Gasteiger partial charge >= 0.3 is 11.9 Å². The van der Waals surface area contributed by atoms with Crippen LogP contribution >= 0.6 is 0 Å². The lowest BCUT2D eigenvalue weighted by molar-refractivity contribution is -0.158. The molecule has 0 aliphatic carbocycles. The highest BCUT2D eigenvalue weighted by atomic mass is 16.6. The summed E-state index contributed by atoms with van der Waals surface area (Å²) in [5, 5.41) is 18.2. The Kier molecular flexibility index (Phi) is 3.99. The van der Waals surface area contributed by atoms with Gasteiger partial charge in [0, 0.05) is 6.08 Å². The van der Waals surface area contributed by atoms with Crippen LogP contribution < -0.4 is 0 Å². The van der Waals surface area contributed by atoms with Crippen molar-refractivity contribution in [3.05, 3.63) is 29.8 Å². The summed E-state index contributed by atoms with van der Waals surface area (Å²) in [4.78, 5) is 31.2. The number of aromatic hydroxyl groups is 2. The number of rotatable bonds is 3. The minimum absolute atomic E-state index is 0.127. The number of hydrogen-bond donors (Lipinski definition) is 2. The second-order valence-electron chi connectivity index (χ2n) is 2.94. The third kappa shape index (κ3) is 3.78. The van der Waals surface area contributed by atoms with Crippen molar-refractivity contribution < 1.29 is 29.3 Å². The molecule has 0 amide bonds. The molecule has 2 N–H and O–H groups in total. The quantitative estimate of drug-likeness (QED) is 0.196. The Morgan fingerprint density at radius 2 is 1.82 bits per heavy atom. The van der Waals surface area contributed by atoms with E-state index in [9.17, 15) is 14.4 Å². The molecule has 1 rings (SSSR count). The molecule has 0 aromatic heterocycles. The third-order valence-electron chi connectivity index (χ3n) is 1.71. The molecule has 0 heterocycles. The predicted octanol–water partition coefficient (Wildman–Crippen LogP) is 0.380. The van der Waals surface area contributed by atoms with Crippen LogP contribution in [0.4, 0.5) is 0 Å². The lowest BCUT2D eigenvalue weighted by Crippen LogP contribution is -2.10. The van der Waals surface area contributed by atoms with Crippen molar-refractivity contribution in [3.8, 4) is 11.5 Å². The van der Waals surface area contributed by atoms with Gasteiger partial charge in [-0.15, -0.1) is 0 Å². The minimum Gasteiger partial charge on any atom is -0.504 e. The Bertz CT molecular complexity index is 489. The van der Waals surface area contributed by atoms with Gasteiger partial charge in [-0.1, -0.05) is 6.07 Å². The van der Waals surface area contributed by atoms with Crippen LogP contribution in [0.2, 0.25) is 0 Å². The Balaban J connectivity index is 2.70. The lowest BCUT2D eigenvalue weighted by atomic mass is 10.2. The van der Waals surface area contributed by atoms with Gasteiger partial charge in [0.1, 0.15) is 0 Å². The second kappa shape index (κ2) is 5.45. The first-order chi connectivity index (χ1) is 8.02. The zero-order chi connectivity index (χ0) is 12.8. The first-order valence-corrected chi connectivity index (χ1v) is 4.44. The number of phenolic OH excluding ortho intramolecular Hbond substituents is 2. The third-order valence-corrected chi connectivity index (χ3v) is 1.71. The zero-order valence-electron chi connectivity index (χ0n) is 8.49. The summed E-state index contributed by atoms with van der Waals surface area (Å²) in [5.74, 6) is -2.92. The number of carbonyl (C=O) groups excluding carboxylic acids is 3. The van der Waals surface area contributed by atoms with Crippen LogP contribution in [-0.2, 0) is 19.1 Å². The Labute approximate surface area is 95.8 Å². The van der Waals surface area contributed by atoms with Crippen molar-refractivity contribution in [2.75, 3.05) is 0 Å². The van der Waals surface area contributed by atoms with E-state index in [1.54, 1.807) is 0 Å². The molecule has 0 spiro atoms. The number of aldehydes is 1. The maximum atomic E-state index is 10.9. The number of ether oxygens (including phenoxy) is 1. The monoisotopic (exact) mass is 236 g/mol. The van der Waals surface area contributed by atoms with Gasteiger partial charge < -0.3 is 14.9 Å². The van der Waals surface area contributed by atoms with Crippen molar-refractivity contribution in [2.45, 2.75) is 0 Å². The molecule has 6 nitrogen and oxygen atoms in total. The number of phenols is 2.